The first kappa shape index (κ1) is 17.5. The molecule has 2 aliphatic rings. The quantitative estimate of drug-likeness (QED) is 0.628. The molecule has 1 saturated heterocycles. The number of para-hydroxylation sites is 1. The van der Waals surface area contributed by atoms with Crippen molar-refractivity contribution in [3.8, 4) is 0 Å². The lowest BCUT2D eigenvalue weighted by Crippen LogP contribution is -2.41. The maximum Gasteiger partial charge on any atom is 0.261 e. The number of carbonyl (C=O) groups excluding carboxylic acids is 2. The van der Waals surface area contributed by atoms with Crippen molar-refractivity contribution in [2.24, 2.45) is 0 Å². The molecule has 3 aromatic rings. The Balaban J connectivity index is 1.34. The number of likely N-dealkylation sites (tertiary alicyclic amines) is 1. The molecule has 2 aliphatic heterocycles. The molecule has 2 amide bonds. The number of hydrogen-bond acceptors (Lipinski definition) is 5. The summed E-state index contributed by atoms with van der Waals surface area (Å²) in [7, 11) is 0. The van der Waals surface area contributed by atoms with Crippen LogP contribution in [0.25, 0.3) is 10.2 Å². The number of aromatic nitrogens is 1. The van der Waals surface area contributed by atoms with Gasteiger partial charge in [-0.2, -0.15) is 0 Å². The fourth-order valence-corrected chi connectivity index (χ4v) is 5.38. The molecule has 1 fully saturated rings. The van der Waals surface area contributed by atoms with Crippen molar-refractivity contribution in [3.05, 3.63) is 64.7 Å². The van der Waals surface area contributed by atoms with E-state index >= 15 is 0 Å². The second kappa shape index (κ2) is 7.11. The van der Waals surface area contributed by atoms with Gasteiger partial charge in [0.25, 0.3) is 11.8 Å². The van der Waals surface area contributed by atoms with E-state index in [4.69, 9.17) is 4.98 Å². The van der Waals surface area contributed by atoms with Gasteiger partial charge in [0.05, 0.1) is 27.4 Å². The summed E-state index contributed by atoms with van der Waals surface area (Å²) < 4.78 is 1.21. The largest absolute Gasteiger partial charge is 0.292 e. The van der Waals surface area contributed by atoms with Crippen LogP contribution in [-0.2, 0) is 0 Å². The van der Waals surface area contributed by atoms with E-state index in [0.717, 1.165) is 29.9 Å². The summed E-state index contributed by atoms with van der Waals surface area (Å²) in [4.78, 5) is 33.9. The van der Waals surface area contributed by atoms with Gasteiger partial charge in [0, 0.05) is 13.1 Å². The Bertz CT molecular complexity index is 993. The minimum atomic E-state index is -0.172. The number of thiazole rings is 1. The third-order valence-electron chi connectivity index (χ3n) is 5.70. The number of amides is 2. The normalized spacial score (nSPS) is 20.1. The molecule has 0 aliphatic carbocycles. The maximum atomic E-state index is 12.6. The van der Waals surface area contributed by atoms with Gasteiger partial charge in [0.2, 0.25) is 0 Å². The molecule has 3 heterocycles. The number of benzene rings is 2. The van der Waals surface area contributed by atoms with Crippen LogP contribution in [0.1, 0.15) is 51.0 Å². The number of rotatable bonds is 4. The molecule has 0 unspecified atom stereocenters. The van der Waals surface area contributed by atoms with Crippen LogP contribution in [0.4, 0.5) is 0 Å². The van der Waals surface area contributed by atoms with E-state index in [9.17, 15) is 9.59 Å². The fraction of sp³-hybridized carbons (Fsp3) is 0.318. The van der Waals surface area contributed by atoms with E-state index in [1.807, 2.05) is 12.1 Å². The molecule has 1 atom stereocenters. The average molecular weight is 391 g/mol. The zero-order valence-electron chi connectivity index (χ0n) is 15.5. The molecule has 0 N–H and O–H groups in total. The van der Waals surface area contributed by atoms with Crippen LogP contribution in [0.15, 0.2) is 48.5 Å². The van der Waals surface area contributed by atoms with Crippen molar-refractivity contribution in [3.63, 3.8) is 0 Å². The molecule has 5 nitrogen and oxygen atoms in total. The highest BCUT2D eigenvalue weighted by molar-refractivity contribution is 7.18. The van der Waals surface area contributed by atoms with Crippen molar-refractivity contribution in [2.45, 2.75) is 25.3 Å². The highest BCUT2D eigenvalue weighted by atomic mass is 32.1. The van der Waals surface area contributed by atoms with Gasteiger partial charge in [-0.05, 0) is 43.7 Å². The lowest BCUT2D eigenvalue weighted by atomic mass is 10.0. The van der Waals surface area contributed by atoms with Crippen molar-refractivity contribution in [2.75, 3.05) is 19.6 Å². The van der Waals surface area contributed by atoms with Crippen LogP contribution in [0, 0.1) is 0 Å². The Labute approximate surface area is 167 Å². The van der Waals surface area contributed by atoms with Gasteiger partial charge in [-0.25, -0.2) is 4.98 Å². The van der Waals surface area contributed by atoms with E-state index in [1.165, 1.54) is 16.0 Å². The molecule has 0 saturated carbocycles. The van der Waals surface area contributed by atoms with Crippen LogP contribution in [0.5, 0.6) is 0 Å². The number of nitrogens with zero attached hydrogens (tertiary/aromatic N) is 3. The maximum absolute atomic E-state index is 12.6. The van der Waals surface area contributed by atoms with Gasteiger partial charge in [-0.3, -0.25) is 19.4 Å². The van der Waals surface area contributed by atoms with Crippen molar-refractivity contribution in [1.29, 1.82) is 0 Å². The van der Waals surface area contributed by atoms with E-state index in [2.05, 4.69) is 17.0 Å². The number of piperidine rings is 1. The molecular formula is C22H21N3O2S. The van der Waals surface area contributed by atoms with Gasteiger partial charge in [-0.1, -0.05) is 30.7 Å². The Morgan fingerprint density at radius 3 is 2.39 bits per heavy atom. The van der Waals surface area contributed by atoms with Gasteiger partial charge in [0.15, 0.2) is 0 Å². The van der Waals surface area contributed by atoms with Crippen LogP contribution in [0.2, 0.25) is 0 Å². The Morgan fingerprint density at radius 2 is 1.64 bits per heavy atom. The molecule has 0 bridgehead atoms. The number of imide groups is 1. The monoisotopic (exact) mass is 391 g/mol. The molecule has 6 heteroatoms. The summed E-state index contributed by atoms with van der Waals surface area (Å²) in [5, 5.41) is 1.14. The molecule has 5 rings (SSSR count). The summed E-state index contributed by atoms with van der Waals surface area (Å²) in [6, 6.07) is 15.6. The molecule has 1 aromatic heterocycles. The van der Waals surface area contributed by atoms with Gasteiger partial charge >= 0.3 is 0 Å². The first-order valence-electron chi connectivity index (χ1n) is 9.77. The van der Waals surface area contributed by atoms with E-state index in [1.54, 1.807) is 35.6 Å². The third kappa shape index (κ3) is 2.93. The van der Waals surface area contributed by atoms with E-state index < -0.39 is 0 Å². The smallest absolute Gasteiger partial charge is 0.261 e. The van der Waals surface area contributed by atoms with Crippen molar-refractivity contribution in [1.82, 2.24) is 14.8 Å². The summed E-state index contributed by atoms with van der Waals surface area (Å²) in [6.07, 6.45) is 3.40. The van der Waals surface area contributed by atoms with Crippen LogP contribution >= 0.6 is 11.3 Å². The highest BCUT2D eigenvalue weighted by Crippen LogP contribution is 2.35. The number of fused-ring (bicyclic) bond motifs is 2. The van der Waals surface area contributed by atoms with Gasteiger partial charge < -0.3 is 0 Å². The zero-order valence-corrected chi connectivity index (χ0v) is 16.3. The third-order valence-corrected chi connectivity index (χ3v) is 6.84. The number of carbonyl (C=O) groups is 2. The van der Waals surface area contributed by atoms with Crippen LogP contribution < -0.4 is 0 Å². The van der Waals surface area contributed by atoms with Crippen LogP contribution in [-0.4, -0.2) is 46.2 Å². The first-order chi connectivity index (χ1) is 13.7. The lowest BCUT2D eigenvalue weighted by molar-refractivity contribution is 0.0607. The molecular weight excluding hydrogens is 370 g/mol. The predicted molar refractivity (Wildman–Crippen MR) is 110 cm³/mol. The molecule has 142 valence electrons. The highest BCUT2D eigenvalue weighted by Gasteiger charge is 2.36. The average Bonchev–Trinajstić information content (AvgIpc) is 3.27. The fourth-order valence-electron chi connectivity index (χ4n) is 4.24. The van der Waals surface area contributed by atoms with Crippen molar-refractivity contribution >= 4 is 33.4 Å². The summed E-state index contributed by atoms with van der Waals surface area (Å²) in [5.41, 5.74) is 2.09. The SMILES string of the molecule is O=C1c2ccccc2C(=O)N1CCN1CCCC[C@H]1c1nc2ccccc2s1. The first-order valence-corrected chi connectivity index (χ1v) is 10.6. The van der Waals surface area contributed by atoms with E-state index in [-0.39, 0.29) is 17.9 Å². The van der Waals surface area contributed by atoms with Crippen molar-refractivity contribution < 1.29 is 9.59 Å². The Hall–Kier alpha value is -2.57. The standard InChI is InChI=1S/C22H21N3O2S/c26-21-15-7-1-2-8-16(15)22(27)25(21)14-13-24-12-6-5-10-18(24)20-23-17-9-3-4-11-19(17)28-20/h1-4,7-9,11,18H,5-6,10,12-14H2/t18-/m0/s1. The molecule has 2 aromatic carbocycles. The van der Waals surface area contributed by atoms with Crippen LogP contribution in [0.3, 0.4) is 0 Å². The Kier molecular flexibility index (Phi) is 4.45. The summed E-state index contributed by atoms with van der Waals surface area (Å²) >= 11 is 1.76. The topological polar surface area (TPSA) is 53.5 Å². The zero-order chi connectivity index (χ0) is 19.1. The van der Waals surface area contributed by atoms with Gasteiger partial charge in [-0.15, -0.1) is 11.3 Å². The molecule has 28 heavy (non-hydrogen) atoms. The van der Waals surface area contributed by atoms with Gasteiger partial charge in [0.1, 0.15) is 5.01 Å². The minimum Gasteiger partial charge on any atom is -0.292 e. The predicted octanol–water partition coefficient (Wildman–Crippen LogP) is 4.12. The lowest BCUT2D eigenvalue weighted by Gasteiger charge is -2.35. The summed E-state index contributed by atoms with van der Waals surface area (Å²) in [5.74, 6) is -0.344. The number of hydrogen-bond donors (Lipinski definition) is 0. The van der Waals surface area contributed by atoms with E-state index in [0.29, 0.717) is 24.2 Å². The summed E-state index contributed by atoms with van der Waals surface area (Å²) in [6.45, 7) is 2.09. The minimum absolute atomic E-state index is 0.172. The molecule has 0 radical (unpaired) electrons. The Morgan fingerprint density at radius 1 is 0.929 bits per heavy atom. The molecule has 0 spiro atoms. The second-order valence-electron chi connectivity index (χ2n) is 7.37. The second-order valence-corrected chi connectivity index (χ2v) is 8.44.